The first kappa shape index (κ1) is 18.2. The summed E-state index contributed by atoms with van der Waals surface area (Å²) in [5, 5.41) is 0.844. The summed E-state index contributed by atoms with van der Waals surface area (Å²) in [4.78, 5) is 10.9. The van der Waals surface area contributed by atoms with Gasteiger partial charge in [-0.15, -0.1) is 12.4 Å². The van der Waals surface area contributed by atoms with E-state index >= 15 is 0 Å². The van der Waals surface area contributed by atoms with Gasteiger partial charge in [-0.1, -0.05) is 6.07 Å². The van der Waals surface area contributed by atoms with Crippen LogP contribution in [-0.2, 0) is 6.42 Å². The number of halogens is 2. The summed E-state index contributed by atoms with van der Waals surface area (Å²) in [6, 6.07) is 7.08. The van der Waals surface area contributed by atoms with Gasteiger partial charge in [0.1, 0.15) is 18.0 Å². The molecule has 0 spiro atoms. The third-order valence-electron chi connectivity index (χ3n) is 4.70. The minimum atomic E-state index is -0.205. The van der Waals surface area contributed by atoms with Gasteiger partial charge in [-0.2, -0.15) is 0 Å². The zero-order chi connectivity index (χ0) is 17.6. The molecule has 0 N–H and O–H groups in total. The van der Waals surface area contributed by atoms with Gasteiger partial charge < -0.3 is 14.4 Å². The van der Waals surface area contributed by atoms with Crippen molar-refractivity contribution in [1.82, 2.24) is 9.97 Å². The Balaban J connectivity index is 0.00000196. The summed E-state index contributed by atoms with van der Waals surface area (Å²) in [6.07, 6.45) is 2.38. The lowest BCUT2D eigenvalue weighted by Crippen LogP contribution is -2.16. The molecule has 3 aromatic rings. The van der Waals surface area contributed by atoms with Crippen molar-refractivity contribution in [3.63, 3.8) is 0 Å². The number of aromatic nitrogens is 2. The highest BCUT2D eigenvalue weighted by molar-refractivity contribution is 5.94. The topological polar surface area (TPSA) is 47.5 Å². The molecule has 5 nitrogen and oxygen atoms in total. The fourth-order valence-electron chi connectivity index (χ4n) is 3.45. The summed E-state index contributed by atoms with van der Waals surface area (Å²) in [6.45, 7) is 2.56. The molecule has 0 saturated heterocycles. The largest absolute Gasteiger partial charge is 0.493 e. The average Bonchev–Trinajstić information content (AvgIpc) is 3.07. The molecular formula is C19H19ClFN3O2. The maximum absolute atomic E-state index is 14.1. The smallest absolute Gasteiger partial charge is 0.162 e. The van der Waals surface area contributed by atoms with Gasteiger partial charge in [0, 0.05) is 23.6 Å². The second-order valence-corrected chi connectivity index (χ2v) is 6.00. The molecule has 2 aromatic carbocycles. The summed E-state index contributed by atoms with van der Waals surface area (Å²) in [5.41, 5.74) is 3.42. The molecule has 0 saturated carbocycles. The fraction of sp³-hybridized carbons (Fsp3) is 0.263. The van der Waals surface area contributed by atoms with E-state index in [1.54, 1.807) is 21.1 Å². The molecule has 0 radical (unpaired) electrons. The number of anilines is 2. The van der Waals surface area contributed by atoms with Crippen LogP contribution in [0.3, 0.4) is 0 Å². The van der Waals surface area contributed by atoms with Gasteiger partial charge in [0.25, 0.3) is 0 Å². The highest BCUT2D eigenvalue weighted by Gasteiger charge is 2.26. The predicted molar refractivity (Wildman–Crippen MR) is 102 cm³/mol. The number of benzene rings is 2. The Kier molecular flexibility index (Phi) is 4.87. The highest BCUT2D eigenvalue weighted by Crippen LogP contribution is 2.41. The molecule has 0 aliphatic carbocycles. The van der Waals surface area contributed by atoms with Crippen molar-refractivity contribution in [1.29, 1.82) is 0 Å². The Morgan fingerprint density at radius 2 is 1.81 bits per heavy atom. The van der Waals surface area contributed by atoms with Gasteiger partial charge in [0.05, 0.1) is 25.4 Å². The van der Waals surface area contributed by atoms with Gasteiger partial charge >= 0.3 is 0 Å². The standard InChI is InChI=1S/C19H18FN3O2.ClH/c1-11-14(20)5-4-12-6-7-23(18(11)12)19-13-8-16(24-2)17(25-3)9-15(13)21-10-22-19;/h4-5,8-10H,6-7H2,1-3H3;1H. The lowest BCUT2D eigenvalue weighted by molar-refractivity contribution is 0.356. The lowest BCUT2D eigenvalue weighted by atomic mass is 10.1. The van der Waals surface area contributed by atoms with Gasteiger partial charge in [-0.25, -0.2) is 14.4 Å². The van der Waals surface area contributed by atoms with Crippen LogP contribution < -0.4 is 14.4 Å². The minimum Gasteiger partial charge on any atom is -0.493 e. The summed E-state index contributed by atoms with van der Waals surface area (Å²) < 4.78 is 24.9. The molecule has 1 aromatic heterocycles. The number of rotatable bonds is 3. The SMILES string of the molecule is COc1cc2ncnc(N3CCc4ccc(F)c(C)c43)c2cc1OC.Cl. The molecule has 0 bridgehead atoms. The van der Waals surface area contributed by atoms with E-state index in [9.17, 15) is 4.39 Å². The maximum Gasteiger partial charge on any atom is 0.162 e. The monoisotopic (exact) mass is 375 g/mol. The van der Waals surface area contributed by atoms with E-state index in [2.05, 4.69) is 14.9 Å². The third kappa shape index (κ3) is 2.70. The summed E-state index contributed by atoms with van der Waals surface area (Å²) >= 11 is 0. The zero-order valence-electron chi connectivity index (χ0n) is 14.7. The van der Waals surface area contributed by atoms with Crippen molar-refractivity contribution in [2.24, 2.45) is 0 Å². The first-order chi connectivity index (χ1) is 12.1. The second-order valence-electron chi connectivity index (χ2n) is 6.00. The van der Waals surface area contributed by atoms with E-state index < -0.39 is 0 Å². The molecule has 136 valence electrons. The Morgan fingerprint density at radius 1 is 1.08 bits per heavy atom. The quantitative estimate of drug-likeness (QED) is 0.686. The van der Waals surface area contributed by atoms with Crippen LogP contribution in [0.4, 0.5) is 15.9 Å². The first-order valence-corrected chi connectivity index (χ1v) is 8.06. The molecule has 0 unspecified atom stereocenters. The number of hydrogen-bond acceptors (Lipinski definition) is 5. The van der Waals surface area contributed by atoms with E-state index in [-0.39, 0.29) is 18.2 Å². The zero-order valence-corrected chi connectivity index (χ0v) is 15.6. The predicted octanol–water partition coefficient (Wildman–Crippen LogP) is 4.21. The van der Waals surface area contributed by atoms with Gasteiger partial charge in [-0.05, 0) is 31.0 Å². The van der Waals surface area contributed by atoms with E-state index in [0.717, 1.165) is 40.9 Å². The van der Waals surface area contributed by atoms with Crippen LogP contribution in [0.25, 0.3) is 10.9 Å². The molecule has 26 heavy (non-hydrogen) atoms. The van der Waals surface area contributed by atoms with Crippen molar-refractivity contribution < 1.29 is 13.9 Å². The van der Waals surface area contributed by atoms with Crippen molar-refractivity contribution >= 4 is 34.8 Å². The van der Waals surface area contributed by atoms with Crippen molar-refractivity contribution in [2.45, 2.75) is 13.3 Å². The summed E-state index contributed by atoms with van der Waals surface area (Å²) in [7, 11) is 3.19. The van der Waals surface area contributed by atoms with Crippen LogP contribution in [0.2, 0.25) is 0 Å². The molecule has 0 amide bonds. The van der Waals surface area contributed by atoms with Crippen LogP contribution in [0.15, 0.2) is 30.6 Å². The third-order valence-corrected chi connectivity index (χ3v) is 4.70. The average molecular weight is 376 g/mol. The Hall–Kier alpha value is -2.60. The van der Waals surface area contributed by atoms with Gasteiger partial charge in [-0.3, -0.25) is 0 Å². The molecule has 0 fully saturated rings. The normalized spacial score (nSPS) is 12.7. The second kappa shape index (κ2) is 6.96. The highest BCUT2D eigenvalue weighted by atomic mass is 35.5. The van der Waals surface area contributed by atoms with Crippen LogP contribution in [-0.4, -0.2) is 30.7 Å². The molecule has 2 heterocycles. The Morgan fingerprint density at radius 3 is 2.54 bits per heavy atom. The first-order valence-electron chi connectivity index (χ1n) is 8.06. The van der Waals surface area contributed by atoms with Crippen molar-refractivity contribution in [3.8, 4) is 11.5 Å². The molecule has 4 rings (SSSR count). The van der Waals surface area contributed by atoms with Crippen molar-refractivity contribution in [2.75, 3.05) is 25.7 Å². The van der Waals surface area contributed by atoms with E-state index in [4.69, 9.17) is 9.47 Å². The van der Waals surface area contributed by atoms with Crippen LogP contribution in [0.5, 0.6) is 11.5 Å². The number of hydrogen-bond donors (Lipinski definition) is 0. The molecule has 0 atom stereocenters. The summed E-state index contributed by atoms with van der Waals surface area (Å²) in [5.74, 6) is 1.77. The maximum atomic E-state index is 14.1. The molecule has 7 heteroatoms. The number of fused-ring (bicyclic) bond motifs is 2. The molecule has 1 aliphatic heterocycles. The van der Waals surface area contributed by atoms with Crippen molar-refractivity contribution in [3.05, 3.63) is 47.5 Å². The molecular weight excluding hydrogens is 357 g/mol. The van der Waals surface area contributed by atoms with Crippen LogP contribution in [0, 0.1) is 12.7 Å². The molecule has 1 aliphatic rings. The van der Waals surface area contributed by atoms with Gasteiger partial charge in [0.15, 0.2) is 11.5 Å². The van der Waals surface area contributed by atoms with Crippen LogP contribution >= 0.6 is 12.4 Å². The van der Waals surface area contributed by atoms with Crippen LogP contribution in [0.1, 0.15) is 11.1 Å². The number of ether oxygens (including phenoxy) is 2. The number of nitrogens with zero attached hydrogens (tertiary/aromatic N) is 3. The Bertz CT molecular complexity index is 981. The van der Waals surface area contributed by atoms with E-state index in [0.29, 0.717) is 17.1 Å². The Labute approximate surface area is 157 Å². The van der Waals surface area contributed by atoms with E-state index in [1.807, 2.05) is 18.2 Å². The fourth-order valence-corrected chi connectivity index (χ4v) is 3.45. The number of methoxy groups -OCH3 is 2. The minimum absolute atomic E-state index is 0. The van der Waals surface area contributed by atoms with E-state index in [1.165, 1.54) is 12.4 Å². The lowest BCUT2D eigenvalue weighted by Gasteiger charge is -2.22. The van der Waals surface area contributed by atoms with Gasteiger partial charge in [0.2, 0.25) is 0 Å².